The van der Waals surface area contributed by atoms with Crippen molar-refractivity contribution in [3.05, 3.63) is 164 Å². The molecule has 0 atom stereocenters. The molecule has 0 aliphatic carbocycles. The predicted molar refractivity (Wildman–Crippen MR) is 207 cm³/mol. The maximum absolute atomic E-state index is 6.44. The van der Waals surface area contributed by atoms with Crippen molar-refractivity contribution < 1.29 is 4.42 Å². The van der Waals surface area contributed by atoms with E-state index in [-0.39, 0.29) is 0 Å². The summed E-state index contributed by atoms with van der Waals surface area (Å²) in [6, 6.07) is 56.9. The molecule has 10 rings (SSSR count). The third-order valence-corrected chi connectivity index (χ3v) is 10.5. The van der Waals surface area contributed by atoms with Crippen LogP contribution in [0.3, 0.4) is 0 Å². The number of fused-ring (bicyclic) bond motifs is 6. The Morgan fingerprint density at radius 2 is 0.960 bits per heavy atom. The Morgan fingerprint density at radius 1 is 0.380 bits per heavy atom. The highest BCUT2D eigenvalue weighted by Gasteiger charge is 2.18. The van der Waals surface area contributed by atoms with E-state index in [0.717, 1.165) is 55.3 Å². The Bertz CT molecular complexity index is 2870. The fourth-order valence-electron chi connectivity index (χ4n) is 6.96. The first-order valence-corrected chi connectivity index (χ1v) is 17.4. The molecular weight excluding hydrogens is 631 g/mol. The SMILES string of the molecule is c1ccc(-c2ccc(-c3nc(-c4cccc(-c5cccc6sc7ccccc7c56)c4)nc(-c4cccc5c4oc4ccccc45)n3)cc2)cc1. The summed E-state index contributed by atoms with van der Waals surface area (Å²) >= 11 is 1.83. The van der Waals surface area contributed by atoms with Crippen LogP contribution in [-0.2, 0) is 0 Å². The predicted octanol–water partition coefficient (Wildman–Crippen LogP) is 12.5. The second-order valence-corrected chi connectivity index (χ2v) is 13.5. The first kappa shape index (κ1) is 28.6. The van der Waals surface area contributed by atoms with Gasteiger partial charge in [0.1, 0.15) is 11.2 Å². The van der Waals surface area contributed by atoms with Crippen LogP contribution in [0.25, 0.3) is 98.5 Å². The summed E-state index contributed by atoms with van der Waals surface area (Å²) in [6.45, 7) is 0. The zero-order valence-electron chi connectivity index (χ0n) is 26.7. The normalized spacial score (nSPS) is 11.6. The lowest BCUT2D eigenvalue weighted by atomic mass is 9.98. The molecule has 3 heterocycles. The Kier molecular flexibility index (Phi) is 6.64. The minimum atomic E-state index is 0.568. The van der Waals surface area contributed by atoms with Crippen molar-refractivity contribution in [3.63, 3.8) is 0 Å². The van der Waals surface area contributed by atoms with Gasteiger partial charge >= 0.3 is 0 Å². The molecule has 0 amide bonds. The quantitative estimate of drug-likeness (QED) is 0.185. The Labute approximate surface area is 292 Å². The number of thiophene rings is 1. The van der Waals surface area contributed by atoms with Gasteiger partial charge in [-0.25, -0.2) is 15.0 Å². The van der Waals surface area contributed by atoms with Crippen molar-refractivity contribution in [2.24, 2.45) is 0 Å². The van der Waals surface area contributed by atoms with E-state index < -0.39 is 0 Å². The Hall–Kier alpha value is -6.43. The lowest BCUT2D eigenvalue weighted by molar-refractivity contribution is 0.669. The summed E-state index contributed by atoms with van der Waals surface area (Å²) in [4.78, 5) is 15.3. The van der Waals surface area contributed by atoms with Gasteiger partial charge in [0, 0.05) is 42.1 Å². The van der Waals surface area contributed by atoms with Crippen LogP contribution in [0, 0.1) is 0 Å². The van der Waals surface area contributed by atoms with Gasteiger partial charge in [0.25, 0.3) is 0 Å². The third kappa shape index (κ3) is 4.79. The minimum Gasteiger partial charge on any atom is -0.455 e. The highest BCUT2D eigenvalue weighted by Crippen LogP contribution is 2.41. The molecule has 0 bridgehead atoms. The van der Waals surface area contributed by atoms with E-state index in [9.17, 15) is 0 Å². The second kappa shape index (κ2) is 11.6. The van der Waals surface area contributed by atoms with Gasteiger partial charge in [-0.2, -0.15) is 0 Å². The Morgan fingerprint density at radius 3 is 1.84 bits per heavy atom. The summed E-state index contributed by atoms with van der Waals surface area (Å²) in [7, 11) is 0. The van der Waals surface area contributed by atoms with E-state index in [2.05, 4.69) is 127 Å². The van der Waals surface area contributed by atoms with Gasteiger partial charge in [0.2, 0.25) is 0 Å². The van der Waals surface area contributed by atoms with E-state index >= 15 is 0 Å². The molecule has 0 saturated heterocycles. The highest BCUT2D eigenvalue weighted by molar-refractivity contribution is 7.25. The molecule has 0 aliphatic rings. The van der Waals surface area contributed by atoms with E-state index in [1.807, 2.05) is 47.7 Å². The van der Waals surface area contributed by atoms with Gasteiger partial charge in [-0.3, -0.25) is 0 Å². The van der Waals surface area contributed by atoms with Crippen molar-refractivity contribution in [2.75, 3.05) is 0 Å². The zero-order chi connectivity index (χ0) is 33.0. The largest absolute Gasteiger partial charge is 0.455 e. The molecule has 0 spiro atoms. The van der Waals surface area contributed by atoms with E-state index in [4.69, 9.17) is 19.4 Å². The standard InChI is InChI=1S/C45H27N3OS/c1-2-11-28(12-3-1)29-23-25-30(26-24-29)43-46-44(48-45(47-43)37-19-9-18-35-34-15-4-6-20-38(34)49-42(35)37)32-14-8-13-31(27-32)33-17-10-22-40-41(33)36-16-5-7-21-39(36)50-40/h1-27H. The van der Waals surface area contributed by atoms with Gasteiger partial charge in [0.05, 0.1) is 5.56 Å². The van der Waals surface area contributed by atoms with Gasteiger partial charge in [0.15, 0.2) is 17.5 Å². The molecule has 10 aromatic rings. The molecule has 7 aromatic carbocycles. The fraction of sp³-hybridized carbons (Fsp3) is 0. The van der Waals surface area contributed by atoms with Crippen LogP contribution >= 0.6 is 11.3 Å². The summed E-state index contributed by atoms with van der Waals surface area (Å²) in [5.41, 5.74) is 8.88. The molecule has 5 heteroatoms. The number of nitrogens with zero attached hydrogens (tertiary/aromatic N) is 3. The molecule has 0 fully saturated rings. The molecule has 3 aromatic heterocycles. The minimum absolute atomic E-state index is 0.568. The number of furan rings is 1. The van der Waals surface area contributed by atoms with Crippen LogP contribution in [0.4, 0.5) is 0 Å². The van der Waals surface area contributed by atoms with Crippen LogP contribution in [0.2, 0.25) is 0 Å². The van der Waals surface area contributed by atoms with E-state index in [1.54, 1.807) is 0 Å². The summed E-state index contributed by atoms with van der Waals surface area (Å²) in [5.74, 6) is 1.78. The first-order chi connectivity index (χ1) is 24.8. The number of para-hydroxylation sites is 2. The van der Waals surface area contributed by atoms with Crippen LogP contribution in [0.15, 0.2) is 168 Å². The lowest BCUT2D eigenvalue weighted by Gasteiger charge is -2.11. The Balaban J connectivity index is 1.16. The molecular formula is C45H27N3OS. The van der Waals surface area contributed by atoms with Crippen molar-refractivity contribution in [3.8, 4) is 56.4 Å². The number of hydrogen-bond donors (Lipinski definition) is 0. The second-order valence-electron chi connectivity index (χ2n) is 12.4. The lowest BCUT2D eigenvalue weighted by Crippen LogP contribution is -2.00. The van der Waals surface area contributed by atoms with E-state index in [1.165, 1.54) is 25.7 Å². The molecule has 0 N–H and O–H groups in total. The molecule has 0 saturated carbocycles. The van der Waals surface area contributed by atoms with Crippen LogP contribution < -0.4 is 0 Å². The summed E-state index contributed by atoms with van der Waals surface area (Å²) in [5, 5.41) is 4.65. The van der Waals surface area contributed by atoms with E-state index in [0.29, 0.717) is 17.5 Å². The number of benzene rings is 7. The smallest absolute Gasteiger partial charge is 0.167 e. The van der Waals surface area contributed by atoms with Crippen molar-refractivity contribution in [2.45, 2.75) is 0 Å². The summed E-state index contributed by atoms with van der Waals surface area (Å²) in [6.07, 6.45) is 0. The van der Waals surface area contributed by atoms with Crippen LogP contribution in [-0.4, -0.2) is 15.0 Å². The molecule has 0 radical (unpaired) electrons. The molecule has 0 unspecified atom stereocenters. The monoisotopic (exact) mass is 657 g/mol. The average Bonchev–Trinajstić information content (AvgIpc) is 3.77. The zero-order valence-corrected chi connectivity index (χ0v) is 27.6. The first-order valence-electron chi connectivity index (χ1n) is 16.6. The van der Waals surface area contributed by atoms with Crippen molar-refractivity contribution in [1.82, 2.24) is 15.0 Å². The summed E-state index contributed by atoms with van der Waals surface area (Å²) < 4.78 is 9.00. The number of rotatable bonds is 5. The van der Waals surface area contributed by atoms with Crippen molar-refractivity contribution in [1.29, 1.82) is 0 Å². The fourth-order valence-corrected chi connectivity index (χ4v) is 8.09. The maximum Gasteiger partial charge on any atom is 0.167 e. The average molecular weight is 658 g/mol. The van der Waals surface area contributed by atoms with Gasteiger partial charge in [-0.05, 0) is 52.6 Å². The molecule has 50 heavy (non-hydrogen) atoms. The van der Waals surface area contributed by atoms with Gasteiger partial charge < -0.3 is 4.42 Å². The van der Waals surface area contributed by atoms with Crippen molar-refractivity contribution >= 4 is 53.4 Å². The van der Waals surface area contributed by atoms with Gasteiger partial charge in [-0.15, -0.1) is 11.3 Å². The number of hydrogen-bond acceptors (Lipinski definition) is 5. The molecule has 0 aliphatic heterocycles. The molecule has 234 valence electrons. The highest BCUT2D eigenvalue weighted by atomic mass is 32.1. The van der Waals surface area contributed by atoms with Gasteiger partial charge in [-0.1, -0.05) is 133 Å². The third-order valence-electron chi connectivity index (χ3n) is 9.37. The number of aromatic nitrogens is 3. The maximum atomic E-state index is 6.44. The topological polar surface area (TPSA) is 51.8 Å². The van der Waals surface area contributed by atoms with Crippen LogP contribution in [0.1, 0.15) is 0 Å². The molecule has 4 nitrogen and oxygen atoms in total. The van der Waals surface area contributed by atoms with Crippen LogP contribution in [0.5, 0.6) is 0 Å².